The Hall–Kier alpha value is -2.77. The SMILES string of the molecule is O=C(NCCN1CCCCC1=O)c1cn(Cc2ccc(F)cc2)nn1. The van der Waals surface area contributed by atoms with Gasteiger partial charge in [0.05, 0.1) is 12.7 Å². The molecule has 1 aliphatic heterocycles. The van der Waals surface area contributed by atoms with E-state index < -0.39 is 0 Å². The summed E-state index contributed by atoms with van der Waals surface area (Å²) in [6.45, 7) is 2.05. The Morgan fingerprint density at radius 1 is 1.24 bits per heavy atom. The lowest BCUT2D eigenvalue weighted by molar-refractivity contribution is -0.133. The highest BCUT2D eigenvalue weighted by atomic mass is 19.1. The van der Waals surface area contributed by atoms with E-state index in [1.54, 1.807) is 23.2 Å². The molecule has 132 valence electrons. The molecule has 0 saturated carbocycles. The van der Waals surface area contributed by atoms with Crippen molar-refractivity contribution < 1.29 is 14.0 Å². The minimum Gasteiger partial charge on any atom is -0.349 e. The molecule has 1 aromatic carbocycles. The average Bonchev–Trinajstić information content (AvgIpc) is 3.07. The molecule has 0 atom stereocenters. The van der Waals surface area contributed by atoms with E-state index in [2.05, 4.69) is 15.6 Å². The summed E-state index contributed by atoms with van der Waals surface area (Å²) in [5.74, 6) is -0.477. The molecule has 2 aromatic rings. The van der Waals surface area contributed by atoms with Crippen LogP contribution >= 0.6 is 0 Å². The first-order chi connectivity index (χ1) is 12.1. The minimum absolute atomic E-state index is 0.144. The van der Waals surface area contributed by atoms with Gasteiger partial charge in [-0.25, -0.2) is 9.07 Å². The third-order valence-electron chi connectivity index (χ3n) is 4.12. The number of rotatable bonds is 6. The van der Waals surface area contributed by atoms with Gasteiger partial charge in [-0.15, -0.1) is 5.10 Å². The van der Waals surface area contributed by atoms with Crippen LogP contribution in [0.25, 0.3) is 0 Å². The molecule has 1 fully saturated rings. The van der Waals surface area contributed by atoms with Crippen LogP contribution in [0, 0.1) is 5.82 Å². The number of carbonyl (C=O) groups is 2. The number of likely N-dealkylation sites (tertiary alicyclic amines) is 1. The molecule has 2 heterocycles. The van der Waals surface area contributed by atoms with Crippen molar-refractivity contribution in [2.24, 2.45) is 0 Å². The van der Waals surface area contributed by atoms with Crippen LogP contribution in [-0.2, 0) is 11.3 Å². The smallest absolute Gasteiger partial charge is 0.273 e. The van der Waals surface area contributed by atoms with Crippen LogP contribution in [0.5, 0.6) is 0 Å². The van der Waals surface area contributed by atoms with Crippen molar-refractivity contribution in [2.45, 2.75) is 25.8 Å². The van der Waals surface area contributed by atoms with E-state index in [0.29, 0.717) is 26.1 Å². The number of carbonyl (C=O) groups excluding carboxylic acids is 2. The number of benzene rings is 1. The average molecular weight is 345 g/mol. The summed E-state index contributed by atoms with van der Waals surface area (Å²) in [4.78, 5) is 25.6. The highest BCUT2D eigenvalue weighted by Crippen LogP contribution is 2.09. The second kappa shape index (κ2) is 7.87. The molecule has 1 aromatic heterocycles. The van der Waals surface area contributed by atoms with E-state index in [1.165, 1.54) is 16.8 Å². The summed E-state index contributed by atoms with van der Waals surface area (Å²) in [6.07, 6.45) is 4.09. The predicted molar refractivity (Wildman–Crippen MR) is 88.3 cm³/mol. The normalized spacial score (nSPS) is 14.6. The standard InChI is InChI=1S/C17H20FN5O2/c18-14-6-4-13(5-7-14)11-23-12-15(20-21-23)17(25)19-8-10-22-9-2-1-3-16(22)24/h4-7,12H,1-3,8-11H2,(H,19,25). The number of hydrogen-bond acceptors (Lipinski definition) is 4. The molecule has 2 amide bonds. The van der Waals surface area contributed by atoms with Gasteiger partial charge in [0.1, 0.15) is 5.82 Å². The predicted octanol–water partition coefficient (Wildman–Crippen LogP) is 1.21. The van der Waals surface area contributed by atoms with Crippen LogP contribution in [0.3, 0.4) is 0 Å². The summed E-state index contributed by atoms with van der Waals surface area (Å²) >= 11 is 0. The second-order valence-electron chi connectivity index (χ2n) is 6.02. The van der Waals surface area contributed by atoms with Crippen LogP contribution in [0.1, 0.15) is 35.3 Å². The Bertz CT molecular complexity index is 744. The van der Waals surface area contributed by atoms with Crippen molar-refractivity contribution in [3.8, 4) is 0 Å². The Morgan fingerprint density at radius 3 is 2.80 bits per heavy atom. The first-order valence-corrected chi connectivity index (χ1v) is 8.32. The zero-order valence-corrected chi connectivity index (χ0v) is 13.8. The van der Waals surface area contributed by atoms with E-state index in [1.807, 2.05) is 0 Å². The molecule has 1 aliphatic rings. The molecule has 0 radical (unpaired) electrons. The molecule has 8 heteroatoms. The van der Waals surface area contributed by atoms with E-state index in [4.69, 9.17) is 0 Å². The van der Waals surface area contributed by atoms with Gasteiger partial charge in [-0.3, -0.25) is 9.59 Å². The largest absolute Gasteiger partial charge is 0.349 e. The van der Waals surface area contributed by atoms with Crippen LogP contribution < -0.4 is 5.32 Å². The molecule has 25 heavy (non-hydrogen) atoms. The fourth-order valence-corrected chi connectivity index (χ4v) is 2.75. The van der Waals surface area contributed by atoms with Crippen molar-refractivity contribution in [2.75, 3.05) is 19.6 Å². The van der Waals surface area contributed by atoms with E-state index in [-0.39, 0.29) is 23.3 Å². The summed E-state index contributed by atoms with van der Waals surface area (Å²) < 4.78 is 14.4. The number of nitrogens with one attached hydrogen (secondary N) is 1. The topological polar surface area (TPSA) is 80.1 Å². The van der Waals surface area contributed by atoms with Gasteiger partial charge in [0.25, 0.3) is 5.91 Å². The number of hydrogen-bond donors (Lipinski definition) is 1. The fourth-order valence-electron chi connectivity index (χ4n) is 2.75. The van der Waals surface area contributed by atoms with Crippen LogP contribution in [0.15, 0.2) is 30.5 Å². The van der Waals surface area contributed by atoms with Gasteiger partial charge >= 0.3 is 0 Å². The number of amides is 2. The minimum atomic E-state index is -0.324. The number of piperidine rings is 1. The maximum atomic E-state index is 12.9. The van der Waals surface area contributed by atoms with Crippen molar-refractivity contribution in [3.63, 3.8) is 0 Å². The van der Waals surface area contributed by atoms with Gasteiger partial charge in [0.15, 0.2) is 5.69 Å². The van der Waals surface area contributed by atoms with Crippen molar-refractivity contribution in [3.05, 3.63) is 47.5 Å². The first kappa shape index (κ1) is 17.1. The molecule has 0 spiro atoms. The number of aromatic nitrogens is 3. The lowest BCUT2D eigenvalue weighted by atomic mass is 10.1. The molecule has 1 saturated heterocycles. The number of halogens is 1. The fraction of sp³-hybridized carbons (Fsp3) is 0.412. The van der Waals surface area contributed by atoms with Crippen LogP contribution in [-0.4, -0.2) is 51.3 Å². The van der Waals surface area contributed by atoms with Gasteiger partial charge in [0, 0.05) is 26.1 Å². The molecular weight excluding hydrogens is 325 g/mol. The Morgan fingerprint density at radius 2 is 2.04 bits per heavy atom. The number of nitrogens with zero attached hydrogens (tertiary/aromatic N) is 4. The molecular formula is C17H20FN5O2. The molecule has 0 aliphatic carbocycles. The van der Waals surface area contributed by atoms with Gasteiger partial charge in [-0.05, 0) is 30.5 Å². The van der Waals surface area contributed by atoms with E-state index >= 15 is 0 Å². The highest BCUT2D eigenvalue weighted by molar-refractivity contribution is 5.91. The Kier molecular flexibility index (Phi) is 5.37. The highest BCUT2D eigenvalue weighted by Gasteiger charge is 2.18. The lowest BCUT2D eigenvalue weighted by Crippen LogP contribution is -2.41. The van der Waals surface area contributed by atoms with Crippen molar-refractivity contribution in [1.29, 1.82) is 0 Å². The monoisotopic (exact) mass is 345 g/mol. The summed E-state index contributed by atoms with van der Waals surface area (Å²) in [7, 11) is 0. The zero-order chi connectivity index (χ0) is 17.6. The summed E-state index contributed by atoms with van der Waals surface area (Å²) in [5.41, 5.74) is 1.08. The third-order valence-corrected chi connectivity index (χ3v) is 4.12. The molecule has 0 bridgehead atoms. The Balaban J connectivity index is 1.48. The van der Waals surface area contributed by atoms with E-state index in [9.17, 15) is 14.0 Å². The van der Waals surface area contributed by atoms with Crippen molar-refractivity contribution in [1.82, 2.24) is 25.2 Å². The summed E-state index contributed by atoms with van der Waals surface area (Å²) in [6, 6.07) is 6.07. The van der Waals surface area contributed by atoms with Crippen LogP contribution in [0.2, 0.25) is 0 Å². The molecule has 1 N–H and O–H groups in total. The molecule has 3 rings (SSSR count). The maximum absolute atomic E-state index is 12.9. The summed E-state index contributed by atoms with van der Waals surface area (Å²) in [5, 5.41) is 10.5. The third kappa shape index (κ3) is 4.62. The van der Waals surface area contributed by atoms with Gasteiger partial charge in [0.2, 0.25) is 5.91 Å². The second-order valence-corrected chi connectivity index (χ2v) is 6.02. The van der Waals surface area contributed by atoms with Gasteiger partial charge in [-0.1, -0.05) is 17.3 Å². The van der Waals surface area contributed by atoms with E-state index in [0.717, 1.165) is 24.9 Å². The van der Waals surface area contributed by atoms with Crippen LogP contribution in [0.4, 0.5) is 4.39 Å². The van der Waals surface area contributed by atoms with Crippen molar-refractivity contribution >= 4 is 11.8 Å². The van der Waals surface area contributed by atoms with Gasteiger partial charge < -0.3 is 10.2 Å². The zero-order valence-electron chi connectivity index (χ0n) is 13.8. The lowest BCUT2D eigenvalue weighted by Gasteiger charge is -2.26. The molecule has 7 nitrogen and oxygen atoms in total. The molecule has 0 unspecified atom stereocenters. The maximum Gasteiger partial charge on any atom is 0.273 e. The quantitative estimate of drug-likeness (QED) is 0.853. The van der Waals surface area contributed by atoms with Gasteiger partial charge in [-0.2, -0.15) is 0 Å². The Labute approximate surface area is 144 Å². The first-order valence-electron chi connectivity index (χ1n) is 8.32.